The summed E-state index contributed by atoms with van der Waals surface area (Å²) in [4.78, 5) is 24.3. The number of hydrogen-bond donors (Lipinski definition) is 1. The molecule has 0 amide bonds. The molecule has 0 saturated carbocycles. The van der Waals surface area contributed by atoms with E-state index in [1.807, 2.05) is 6.07 Å². The number of carbonyl (C=O) groups is 1. The second-order valence-corrected chi connectivity index (χ2v) is 7.08. The number of ketones is 1. The van der Waals surface area contributed by atoms with E-state index in [0.717, 1.165) is 0 Å². The number of nitriles is 1. The molecule has 0 aromatic heterocycles. The quantitative estimate of drug-likeness (QED) is 0.361. The molecule has 1 aliphatic rings. The summed E-state index contributed by atoms with van der Waals surface area (Å²) in [6.07, 6.45) is 0. The minimum Gasteiger partial charge on any atom is -0.439 e. The van der Waals surface area contributed by atoms with Crippen molar-refractivity contribution >= 4 is 17.2 Å². The molecule has 0 unspecified atom stereocenters. The van der Waals surface area contributed by atoms with Gasteiger partial charge in [-0.3, -0.25) is 14.9 Å². The lowest BCUT2D eigenvalue weighted by Crippen LogP contribution is -2.24. The first-order valence-electron chi connectivity index (χ1n) is 9.72. The first-order chi connectivity index (χ1) is 15.5. The zero-order valence-electron chi connectivity index (χ0n) is 16.8. The Hall–Kier alpha value is -4.70. The van der Waals surface area contributed by atoms with Gasteiger partial charge >= 0.3 is 0 Å². The first kappa shape index (κ1) is 20.6. The van der Waals surface area contributed by atoms with E-state index in [1.54, 1.807) is 54.6 Å². The third-order valence-corrected chi connectivity index (χ3v) is 5.17. The van der Waals surface area contributed by atoms with Gasteiger partial charge in [0.1, 0.15) is 17.4 Å². The van der Waals surface area contributed by atoms with Gasteiger partial charge in [-0.15, -0.1) is 0 Å². The van der Waals surface area contributed by atoms with Crippen molar-refractivity contribution in [1.29, 1.82) is 5.26 Å². The van der Waals surface area contributed by atoms with Gasteiger partial charge in [-0.1, -0.05) is 72.8 Å². The van der Waals surface area contributed by atoms with Crippen LogP contribution in [0.2, 0.25) is 0 Å². The highest BCUT2D eigenvalue weighted by atomic mass is 16.6. The summed E-state index contributed by atoms with van der Waals surface area (Å²) < 4.78 is 5.83. The van der Waals surface area contributed by atoms with Crippen molar-refractivity contribution in [3.05, 3.63) is 129 Å². The van der Waals surface area contributed by atoms with Crippen molar-refractivity contribution < 1.29 is 14.5 Å². The van der Waals surface area contributed by atoms with Crippen LogP contribution in [0.25, 0.3) is 5.76 Å². The Bertz CT molecular complexity index is 1290. The number of non-ortho nitro benzene ring substituents is 1. The number of carbonyl (C=O) groups excluding carboxylic acids is 1. The first-order valence-corrected chi connectivity index (χ1v) is 9.72. The number of benzene rings is 3. The molecule has 32 heavy (non-hydrogen) atoms. The number of ether oxygens (including phenoxy) is 1. The molecule has 0 saturated heterocycles. The van der Waals surface area contributed by atoms with Crippen molar-refractivity contribution in [2.45, 2.75) is 5.92 Å². The van der Waals surface area contributed by atoms with Crippen molar-refractivity contribution in [2.75, 3.05) is 0 Å². The van der Waals surface area contributed by atoms with E-state index in [1.165, 1.54) is 24.3 Å². The van der Waals surface area contributed by atoms with Crippen LogP contribution in [0.1, 0.15) is 27.4 Å². The molecule has 3 aromatic carbocycles. The number of nitro groups is 1. The van der Waals surface area contributed by atoms with Gasteiger partial charge in [-0.05, 0) is 5.56 Å². The van der Waals surface area contributed by atoms with E-state index in [9.17, 15) is 20.2 Å². The number of nitro benzene ring substituents is 1. The molecule has 7 heteroatoms. The van der Waals surface area contributed by atoms with Crippen LogP contribution in [-0.4, -0.2) is 10.7 Å². The molecule has 0 spiro atoms. The number of allylic oxidation sites excluding steroid dienone is 2. The van der Waals surface area contributed by atoms with Crippen LogP contribution in [0.15, 0.2) is 102 Å². The van der Waals surface area contributed by atoms with E-state index in [0.29, 0.717) is 16.7 Å². The SMILES string of the molecule is N#CC1=C(N)OC(c2ccccc2)=C(C(=O)c2ccccc2)[C@@H]1c1ccc([N+](=O)[O-])cc1. The molecular weight excluding hydrogens is 406 g/mol. The fraction of sp³-hybridized carbons (Fsp3) is 0.0400. The second kappa shape index (κ2) is 8.58. The highest BCUT2D eigenvalue weighted by Crippen LogP contribution is 2.43. The summed E-state index contributed by atoms with van der Waals surface area (Å²) >= 11 is 0. The van der Waals surface area contributed by atoms with Gasteiger partial charge in [0.05, 0.1) is 16.4 Å². The number of rotatable bonds is 5. The Balaban J connectivity index is 1.98. The molecule has 156 valence electrons. The molecule has 4 rings (SSSR count). The van der Waals surface area contributed by atoms with Crippen LogP contribution in [0.4, 0.5) is 5.69 Å². The monoisotopic (exact) mass is 423 g/mol. The summed E-state index contributed by atoms with van der Waals surface area (Å²) in [6.45, 7) is 0. The van der Waals surface area contributed by atoms with E-state index in [2.05, 4.69) is 6.07 Å². The normalized spacial score (nSPS) is 15.7. The third kappa shape index (κ3) is 3.73. The summed E-state index contributed by atoms with van der Waals surface area (Å²) in [5.74, 6) is -1.04. The topological polar surface area (TPSA) is 119 Å². The van der Waals surface area contributed by atoms with Crippen molar-refractivity contribution in [3.8, 4) is 6.07 Å². The van der Waals surface area contributed by atoms with Crippen LogP contribution >= 0.6 is 0 Å². The average molecular weight is 423 g/mol. The Labute approximate surface area is 183 Å². The molecule has 7 nitrogen and oxygen atoms in total. The van der Waals surface area contributed by atoms with Gasteiger partial charge < -0.3 is 10.5 Å². The third-order valence-electron chi connectivity index (χ3n) is 5.17. The molecule has 1 heterocycles. The van der Waals surface area contributed by atoms with Crippen LogP contribution < -0.4 is 5.73 Å². The van der Waals surface area contributed by atoms with E-state index >= 15 is 0 Å². The molecule has 0 radical (unpaired) electrons. The minimum absolute atomic E-state index is 0.0674. The van der Waals surface area contributed by atoms with Crippen LogP contribution in [0.5, 0.6) is 0 Å². The zero-order chi connectivity index (χ0) is 22.7. The number of nitrogens with two attached hydrogens (primary N) is 1. The van der Waals surface area contributed by atoms with Crippen molar-refractivity contribution in [3.63, 3.8) is 0 Å². The Kier molecular flexibility index (Phi) is 5.51. The lowest BCUT2D eigenvalue weighted by Gasteiger charge is -2.28. The van der Waals surface area contributed by atoms with E-state index in [-0.39, 0.29) is 34.3 Å². The molecule has 0 fully saturated rings. The molecule has 0 bridgehead atoms. The maximum atomic E-state index is 13.7. The molecule has 0 aliphatic carbocycles. The van der Waals surface area contributed by atoms with Crippen molar-refractivity contribution in [1.82, 2.24) is 0 Å². The molecule has 1 atom stereocenters. The molecule has 2 N–H and O–H groups in total. The lowest BCUT2D eigenvalue weighted by atomic mass is 9.79. The highest BCUT2D eigenvalue weighted by Gasteiger charge is 2.37. The number of nitrogens with zero attached hydrogens (tertiary/aromatic N) is 2. The van der Waals surface area contributed by atoms with Gasteiger partial charge in [0, 0.05) is 23.3 Å². The second-order valence-electron chi connectivity index (χ2n) is 7.08. The smallest absolute Gasteiger partial charge is 0.269 e. The maximum Gasteiger partial charge on any atom is 0.269 e. The highest BCUT2D eigenvalue weighted by molar-refractivity contribution is 6.14. The van der Waals surface area contributed by atoms with Gasteiger partial charge in [-0.25, -0.2) is 0 Å². The minimum atomic E-state index is -0.850. The number of Topliss-reactive ketones (excluding diaryl/α,β-unsaturated/α-hetero) is 1. The van der Waals surface area contributed by atoms with Crippen LogP contribution in [0, 0.1) is 21.4 Å². The lowest BCUT2D eigenvalue weighted by molar-refractivity contribution is -0.384. The van der Waals surface area contributed by atoms with E-state index in [4.69, 9.17) is 10.5 Å². The van der Waals surface area contributed by atoms with Crippen LogP contribution in [-0.2, 0) is 4.74 Å². The van der Waals surface area contributed by atoms with Crippen LogP contribution in [0.3, 0.4) is 0 Å². The molecule has 1 aliphatic heterocycles. The standard InChI is InChI=1S/C25H17N3O4/c26-15-20-21(16-11-13-19(14-12-16)28(30)31)22(23(29)17-7-3-1-4-8-17)24(32-25(20)27)18-9-5-2-6-10-18/h1-14,21H,27H2/t21-/m1/s1. The van der Waals surface area contributed by atoms with Gasteiger partial charge in [-0.2, -0.15) is 5.26 Å². The fourth-order valence-electron chi connectivity index (χ4n) is 3.66. The predicted molar refractivity (Wildman–Crippen MR) is 118 cm³/mol. The zero-order valence-corrected chi connectivity index (χ0v) is 16.8. The predicted octanol–water partition coefficient (Wildman–Crippen LogP) is 4.70. The van der Waals surface area contributed by atoms with Gasteiger partial charge in [0.15, 0.2) is 5.78 Å². The largest absolute Gasteiger partial charge is 0.439 e. The van der Waals surface area contributed by atoms with Crippen molar-refractivity contribution in [2.24, 2.45) is 5.73 Å². The Morgan fingerprint density at radius 1 is 0.969 bits per heavy atom. The molecular formula is C25H17N3O4. The summed E-state index contributed by atoms with van der Waals surface area (Å²) in [5.41, 5.74) is 7.88. The fourth-order valence-corrected chi connectivity index (χ4v) is 3.66. The maximum absolute atomic E-state index is 13.7. The Morgan fingerprint density at radius 2 is 1.56 bits per heavy atom. The average Bonchev–Trinajstić information content (AvgIpc) is 2.84. The summed E-state index contributed by atoms with van der Waals surface area (Å²) in [5, 5.41) is 20.9. The van der Waals surface area contributed by atoms with Gasteiger partial charge in [0.2, 0.25) is 5.88 Å². The van der Waals surface area contributed by atoms with E-state index < -0.39 is 10.8 Å². The number of hydrogen-bond acceptors (Lipinski definition) is 6. The summed E-state index contributed by atoms with van der Waals surface area (Å²) in [6, 6.07) is 25.4. The summed E-state index contributed by atoms with van der Waals surface area (Å²) in [7, 11) is 0. The molecule has 3 aromatic rings. The van der Waals surface area contributed by atoms with Gasteiger partial charge in [0.25, 0.3) is 5.69 Å². The Morgan fingerprint density at radius 3 is 2.12 bits per heavy atom.